The van der Waals surface area contributed by atoms with Crippen LogP contribution in [0.3, 0.4) is 0 Å². The van der Waals surface area contributed by atoms with Crippen molar-refractivity contribution in [3.8, 4) is 0 Å². The summed E-state index contributed by atoms with van der Waals surface area (Å²) in [6.45, 7) is 3.06. The van der Waals surface area contributed by atoms with Gasteiger partial charge >= 0.3 is 0 Å². The molecule has 4 nitrogen and oxygen atoms in total. The van der Waals surface area contributed by atoms with Crippen LogP contribution in [-0.2, 0) is 9.53 Å². The highest BCUT2D eigenvalue weighted by atomic mass is 16.5. The molecule has 2 N–H and O–H groups in total. The molecule has 0 aliphatic carbocycles. The Morgan fingerprint density at radius 3 is 2.57 bits per heavy atom. The maximum atomic E-state index is 12.0. The molecular formula is C10H18N2O2. The molecule has 0 unspecified atom stereocenters. The van der Waals surface area contributed by atoms with Gasteiger partial charge in [-0.25, -0.2) is 0 Å². The fraction of sp³-hybridized carbons (Fsp3) is 0.900. The maximum absolute atomic E-state index is 12.0. The molecule has 0 bridgehead atoms. The number of nitrogens with two attached hydrogens (primary N) is 1. The molecular weight excluding hydrogens is 180 g/mol. The summed E-state index contributed by atoms with van der Waals surface area (Å²) in [5, 5.41) is 0. The number of rotatable bonds is 1. The second-order valence-corrected chi connectivity index (χ2v) is 4.22. The average molecular weight is 198 g/mol. The highest BCUT2D eigenvalue weighted by molar-refractivity contribution is 5.79. The first-order chi connectivity index (χ1) is 6.77. The zero-order valence-corrected chi connectivity index (χ0v) is 8.45. The Morgan fingerprint density at radius 2 is 2.00 bits per heavy atom. The Bertz CT molecular complexity index is 207. The quantitative estimate of drug-likeness (QED) is 0.644. The van der Waals surface area contributed by atoms with Gasteiger partial charge in [-0.2, -0.15) is 0 Å². The molecule has 0 saturated carbocycles. The summed E-state index contributed by atoms with van der Waals surface area (Å²) in [5.41, 5.74) is 5.77. The summed E-state index contributed by atoms with van der Waals surface area (Å²) in [5.74, 6) is 0.482. The molecule has 1 amide bonds. The van der Waals surface area contributed by atoms with Gasteiger partial charge in [0.25, 0.3) is 0 Å². The number of carbonyl (C=O) groups excluding carboxylic acids is 1. The number of carbonyl (C=O) groups is 1. The predicted octanol–water partition coefficient (Wildman–Crippen LogP) is -0.0274. The molecule has 0 aromatic rings. The summed E-state index contributed by atoms with van der Waals surface area (Å²) < 4.78 is 5.24. The van der Waals surface area contributed by atoms with E-state index in [4.69, 9.17) is 10.5 Å². The molecule has 14 heavy (non-hydrogen) atoms. The maximum Gasteiger partial charge on any atom is 0.225 e. The van der Waals surface area contributed by atoms with Crippen molar-refractivity contribution in [2.24, 2.45) is 11.7 Å². The van der Waals surface area contributed by atoms with Crippen LogP contribution in [0.25, 0.3) is 0 Å². The average Bonchev–Trinajstić information content (AvgIpc) is 2.65. The van der Waals surface area contributed by atoms with Gasteiger partial charge in [0.05, 0.1) is 0 Å². The predicted molar refractivity (Wildman–Crippen MR) is 52.7 cm³/mol. The van der Waals surface area contributed by atoms with Crippen molar-refractivity contribution in [3.05, 3.63) is 0 Å². The normalized spacial score (nSPS) is 29.5. The summed E-state index contributed by atoms with van der Waals surface area (Å²) in [6.07, 6.45) is 2.71. The van der Waals surface area contributed by atoms with Crippen LogP contribution in [0, 0.1) is 5.92 Å². The Labute approximate surface area is 84.4 Å². The van der Waals surface area contributed by atoms with Crippen LogP contribution in [0.1, 0.15) is 19.3 Å². The number of amides is 1. The van der Waals surface area contributed by atoms with E-state index >= 15 is 0 Å². The van der Waals surface area contributed by atoms with Crippen molar-refractivity contribution in [3.63, 3.8) is 0 Å². The van der Waals surface area contributed by atoms with E-state index in [0.29, 0.717) is 5.91 Å². The lowest BCUT2D eigenvalue weighted by Crippen LogP contribution is -2.38. The first kappa shape index (κ1) is 9.93. The second-order valence-electron chi connectivity index (χ2n) is 4.22. The van der Waals surface area contributed by atoms with Gasteiger partial charge in [0, 0.05) is 38.3 Å². The van der Waals surface area contributed by atoms with Crippen LogP contribution in [0.15, 0.2) is 0 Å². The minimum atomic E-state index is 0.189. The van der Waals surface area contributed by atoms with Gasteiger partial charge in [0.1, 0.15) is 0 Å². The monoisotopic (exact) mass is 198 g/mol. The fourth-order valence-corrected chi connectivity index (χ4v) is 2.19. The van der Waals surface area contributed by atoms with Crippen LogP contribution in [0.5, 0.6) is 0 Å². The molecule has 2 aliphatic rings. The van der Waals surface area contributed by atoms with Crippen LogP contribution in [0.2, 0.25) is 0 Å². The van der Waals surface area contributed by atoms with Crippen LogP contribution in [0.4, 0.5) is 0 Å². The van der Waals surface area contributed by atoms with Crippen LogP contribution < -0.4 is 5.73 Å². The summed E-state index contributed by atoms with van der Waals surface area (Å²) in [6, 6.07) is 0.193. The smallest absolute Gasteiger partial charge is 0.225 e. The fourth-order valence-electron chi connectivity index (χ4n) is 2.19. The lowest BCUT2D eigenvalue weighted by molar-refractivity contribution is -0.137. The molecule has 0 radical (unpaired) electrons. The third-order valence-electron chi connectivity index (χ3n) is 3.11. The molecule has 2 saturated heterocycles. The minimum Gasteiger partial charge on any atom is -0.381 e. The van der Waals surface area contributed by atoms with Gasteiger partial charge in [-0.1, -0.05) is 0 Å². The highest BCUT2D eigenvalue weighted by Gasteiger charge is 2.30. The summed E-state index contributed by atoms with van der Waals surface area (Å²) in [4.78, 5) is 13.9. The highest BCUT2D eigenvalue weighted by Crippen LogP contribution is 2.20. The van der Waals surface area contributed by atoms with Gasteiger partial charge in [-0.15, -0.1) is 0 Å². The lowest BCUT2D eigenvalue weighted by Gasteiger charge is -2.26. The van der Waals surface area contributed by atoms with E-state index in [2.05, 4.69) is 0 Å². The van der Waals surface area contributed by atoms with Crippen molar-refractivity contribution in [2.45, 2.75) is 25.3 Å². The van der Waals surface area contributed by atoms with Crippen molar-refractivity contribution in [1.82, 2.24) is 4.90 Å². The van der Waals surface area contributed by atoms with Gasteiger partial charge < -0.3 is 15.4 Å². The number of nitrogens with zero attached hydrogens (tertiary/aromatic N) is 1. The molecule has 0 spiro atoms. The molecule has 4 heteroatoms. The van der Waals surface area contributed by atoms with Crippen LogP contribution in [-0.4, -0.2) is 43.2 Å². The van der Waals surface area contributed by atoms with Gasteiger partial charge in [0.2, 0.25) is 5.91 Å². The molecule has 0 aromatic heterocycles. The van der Waals surface area contributed by atoms with E-state index in [-0.39, 0.29) is 12.0 Å². The van der Waals surface area contributed by atoms with Crippen molar-refractivity contribution in [2.75, 3.05) is 26.3 Å². The second kappa shape index (κ2) is 4.28. The Morgan fingerprint density at radius 1 is 1.29 bits per heavy atom. The molecule has 80 valence electrons. The standard InChI is InChI=1S/C10H18N2O2/c11-9-1-4-12(7-9)10(13)8-2-5-14-6-3-8/h8-9H,1-7,11H2/t9-/m0/s1. The van der Waals surface area contributed by atoms with Gasteiger partial charge in [-0.3, -0.25) is 4.79 Å². The zero-order valence-electron chi connectivity index (χ0n) is 8.45. The Hall–Kier alpha value is -0.610. The van der Waals surface area contributed by atoms with Crippen molar-refractivity contribution < 1.29 is 9.53 Å². The van der Waals surface area contributed by atoms with Crippen molar-refractivity contribution in [1.29, 1.82) is 0 Å². The van der Waals surface area contributed by atoms with Crippen LogP contribution >= 0.6 is 0 Å². The Balaban J connectivity index is 1.87. The summed E-state index contributed by atoms with van der Waals surface area (Å²) in [7, 11) is 0. The largest absolute Gasteiger partial charge is 0.381 e. The molecule has 0 aromatic carbocycles. The van der Waals surface area contributed by atoms with Gasteiger partial charge in [0.15, 0.2) is 0 Å². The Kier molecular flexibility index (Phi) is 3.03. The SMILES string of the molecule is N[C@H]1CCN(C(=O)C2CCOCC2)C1. The van der Waals surface area contributed by atoms with E-state index in [1.54, 1.807) is 0 Å². The zero-order chi connectivity index (χ0) is 9.97. The number of hydrogen-bond acceptors (Lipinski definition) is 3. The molecule has 1 atom stereocenters. The van der Waals surface area contributed by atoms with E-state index in [1.165, 1.54) is 0 Å². The minimum absolute atomic E-state index is 0.189. The number of ether oxygens (including phenoxy) is 1. The molecule has 2 heterocycles. The first-order valence-corrected chi connectivity index (χ1v) is 5.39. The van der Waals surface area contributed by atoms with Crippen molar-refractivity contribution >= 4 is 5.91 Å². The van der Waals surface area contributed by atoms with E-state index in [1.807, 2.05) is 4.90 Å². The van der Waals surface area contributed by atoms with E-state index in [0.717, 1.165) is 45.6 Å². The topological polar surface area (TPSA) is 55.6 Å². The molecule has 2 rings (SSSR count). The number of hydrogen-bond donors (Lipinski definition) is 1. The number of likely N-dealkylation sites (tertiary alicyclic amines) is 1. The third kappa shape index (κ3) is 2.07. The van der Waals surface area contributed by atoms with E-state index < -0.39 is 0 Å². The first-order valence-electron chi connectivity index (χ1n) is 5.39. The van der Waals surface area contributed by atoms with Gasteiger partial charge in [-0.05, 0) is 19.3 Å². The molecule has 2 aliphatic heterocycles. The lowest BCUT2D eigenvalue weighted by atomic mass is 9.99. The summed E-state index contributed by atoms with van der Waals surface area (Å²) >= 11 is 0. The third-order valence-corrected chi connectivity index (χ3v) is 3.11. The van der Waals surface area contributed by atoms with E-state index in [9.17, 15) is 4.79 Å². The molecule has 2 fully saturated rings.